The van der Waals surface area contributed by atoms with Gasteiger partial charge in [0.2, 0.25) is 0 Å². The number of aromatic nitrogens is 3. The van der Waals surface area contributed by atoms with E-state index < -0.39 is 0 Å². The van der Waals surface area contributed by atoms with Crippen molar-refractivity contribution in [2.75, 3.05) is 13.7 Å². The topological polar surface area (TPSA) is 39.9 Å². The summed E-state index contributed by atoms with van der Waals surface area (Å²) in [6.07, 6.45) is 2.73. The smallest absolute Gasteiger partial charge is 0.100 e. The molecule has 74 valence electrons. The minimum absolute atomic E-state index is 0.0312. The van der Waals surface area contributed by atoms with Crippen LogP contribution >= 0.6 is 11.6 Å². The molecule has 0 fully saturated rings. The van der Waals surface area contributed by atoms with Gasteiger partial charge in [-0.05, 0) is 6.42 Å². The molecule has 1 atom stereocenters. The van der Waals surface area contributed by atoms with Crippen molar-refractivity contribution in [3.63, 3.8) is 0 Å². The van der Waals surface area contributed by atoms with Crippen molar-refractivity contribution in [1.29, 1.82) is 0 Å². The lowest BCUT2D eigenvalue weighted by molar-refractivity contribution is 0.183. The van der Waals surface area contributed by atoms with Gasteiger partial charge in [-0.1, -0.05) is 12.1 Å². The average Bonchev–Trinajstić information content (AvgIpc) is 2.62. The molecule has 0 aliphatic rings. The number of hydrogen-bond acceptors (Lipinski definition) is 3. The summed E-state index contributed by atoms with van der Waals surface area (Å²) in [7, 11) is 1.66. The van der Waals surface area contributed by atoms with E-state index in [1.807, 2.05) is 13.1 Å². The molecule has 0 saturated heterocycles. The van der Waals surface area contributed by atoms with Crippen LogP contribution in [0, 0.1) is 0 Å². The summed E-state index contributed by atoms with van der Waals surface area (Å²) in [5, 5.41) is 7.86. The summed E-state index contributed by atoms with van der Waals surface area (Å²) >= 11 is 5.99. The van der Waals surface area contributed by atoms with E-state index in [-0.39, 0.29) is 5.38 Å². The molecule has 0 N–H and O–H groups in total. The molecule has 1 aromatic heterocycles. The largest absolute Gasteiger partial charge is 0.383 e. The van der Waals surface area contributed by atoms with E-state index in [1.165, 1.54) is 0 Å². The monoisotopic (exact) mass is 203 g/mol. The first-order chi connectivity index (χ1) is 6.27. The zero-order valence-electron chi connectivity index (χ0n) is 7.90. The van der Waals surface area contributed by atoms with Crippen molar-refractivity contribution < 1.29 is 4.74 Å². The molecule has 13 heavy (non-hydrogen) atoms. The Morgan fingerprint density at radius 3 is 3.08 bits per heavy atom. The predicted octanol–water partition coefficient (Wildman–Crippen LogP) is 1.61. The van der Waals surface area contributed by atoms with Crippen molar-refractivity contribution in [2.24, 2.45) is 0 Å². The zero-order chi connectivity index (χ0) is 9.68. The van der Waals surface area contributed by atoms with Gasteiger partial charge in [0.05, 0.1) is 24.7 Å². The second-order valence-electron chi connectivity index (χ2n) is 2.78. The van der Waals surface area contributed by atoms with Crippen LogP contribution in [-0.2, 0) is 11.3 Å². The van der Waals surface area contributed by atoms with E-state index in [2.05, 4.69) is 10.3 Å². The van der Waals surface area contributed by atoms with Crippen LogP contribution in [0.2, 0.25) is 0 Å². The van der Waals surface area contributed by atoms with Gasteiger partial charge >= 0.3 is 0 Å². The van der Waals surface area contributed by atoms with Crippen LogP contribution in [0.4, 0.5) is 0 Å². The van der Waals surface area contributed by atoms with Crippen molar-refractivity contribution in [2.45, 2.75) is 25.3 Å². The molecule has 1 unspecified atom stereocenters. The zero-order valence-corrected chi connectivity index (χ0v) is 8.66. The normalized spacial score (nSPS) is 13.2. The fourth-order valence-electron chi connectivity index (χ4n) is 0.960. The molecule has 0 bridgehead atoms. The highest BCUT2D eigenvalue weighted by molar-refractivity contribution is 6.20. The van der Waals surface area contributed by atoms with Gasteiger partial charge in [0, 0.05) is 7.11 Å². The Morgan fingerprint density at radius 2 is 2.46 bits per heavy atom. The van der Waals surface area contributed by atoms with Crippen LogP contribution in [0.1, 0.15) is 24.4 Å². The molecule has 5 heteroatoms. The minimum Gasteiger partial charge on any atom is -0.383 e. The summed E-state index contributed by atoms with van der Waals surface area (Å²) in [6, 6.07) is 0. The first-order valence-electron chi connectivity index (χ1n) is 4.31. The molecule has 0 aliphatic heterocycles. The third-order valence-electron chi connectivity index (χ3n) is 1.76. The Hall–Kier alpha value is -0.610. The number of methoxy groups -OCH3 is 1. The molecule has 0 aliphatic carbocycles. The third-order valence-corrected chi connectivity index (χ3v) is 2.29. The number of hydrogen-bond donors (Lipinski definition) is 0. The van der Waals surface area contributed by atoms with E-state index in [0.717, 1.165) is 18.7 Å². The number of halogens is 1. The van der Waals surface area contributed by atoms with Gasteiger partial charge < -0.3 is 4.74 Å². The highest BCUT2D eigenvalue weighted by Crippen LogP contribution is 2.20. The lowest BCUT2D eigenvalue weighted by atomic mass is 10.3. The first kappa shape index (κ1) is 10.5. The lowest BCUT2D eigenvalue weighted by Crippen LogP contribution is -2.04. The Morgan fingerprint density at radius 1 is 1.69 bits per heavy atom. The summed E-state index contributed by atoms with van der Waals surface area (Å²) < 4.78 is 6.66. The van der Waals surface area contributed by atoms with Crippen molar-refractivity contribution >= 4 is 11.6 Å². The quantitative estimate of drug-likeness (QED) is 0.683. The number of rotatable bonds is 5. The maximum Gasteiger partial charge on any atom is 0.100 e. The van der Waals surface area contributed by atoms with Gasteiger partial charge in [-0.15, -0.1) is 16.7 Å². The molecular formula is C8H14ClN3O. The lowest BCUT2D eigenvalue weighted by Gasteiger charge is -1.99. The average molecular weight is 204 g/mol. The molecule has 0 spiro atoms. The highest BCUT2D eigenvalue weighted by atomic mass is 35.5. The van der Waals surface area contributed by atoms with Gasteiger partial charge in [-0.3, -0.25) is 0 Å². The van der Waals surface area contributed by atoms with Gasteiger partial charge in [0.25, 0.3) is 0 Å². The minimum atomic E-state index is -0.0312. The Kier molecular flexibility index (Phi) is 4.18. The maximum atomic E-state index is 5.99. The summed E-state index contributed by atoms with van der Waals surface area (Å²) in [6.45, 7) is 3.38. The summed E-state index contributed by atoms with van der Waals surface area (Å²) in [5.74, 6) is 0. The fraction of sp³-hybridized carbons (Fsp3) is 0.750. The second-order valence-corrected chi connectivity index (χ2v) is 3.30. The van der Waals surface area contributed by atoms with Crippen molar-refractivity contribution in [1.82, 2.24) is 15.0 Å². The van der Waals surface area contributed by atoms with Crippen LogP contribution in [0.15, 0.2) is 6.20 Å². The highest BCUT2D eigenvalue weighted by Gasteiger charge is 2.09. The molecule has 0 radical (unpaired) electrons. The molecule has 1 rings (SSSR count). The molecule has 0 aromatic carbocycles. The predicted molar refractivity (Wildman–Crippen MR) is 50.8 cm³/mol. The second kappa shape index (κ2) is 5.19. The molecule has 4 nitrogen and oxygen atoms in total. The van der Waals surface area contributed by atoms with Crippen LogP contribution in [-0.4, -0.2) is 28.7 Å². The van der Waals surface area contributed by atoms with Gasteiger partial charge in [0.1, 0.15) is 5.69 Å². The summed E-state index contributed by atoms with van der Waals surface area (Å²) in [4.78, 5) is 0. The summed E-state index contributed by atoms with van der Waals surface area (Å²) in [5.41, 5.74) is 0.834. The Labute approximate surface area is 82.8 Å². The van der Waals surface area contributed by atoms with E-state index in [9.17, 15) is 0 Å². The van der Waals surface area contributed by atoms with Gasteiger partial charge in [-0.25, -0.2) is 4.68 Å². The molecular weight excluding hydrogens is 190 g/mol. The Bertz CT molecular complexity index is 251. The molecule has 1 aromatic rings. The van der Waals surface area contributed by atoms with E-state index in [4.69, 9.17) is 16.3 Å². The molecule has 0 amide bonds. The standard InChI is InChI=1S/C8H14ClN3O/c1-3-7(9)8-6-12(11-10-8)4-5-13-2/h6-7H,3-5H2,1-2H3. The van der Waals surface area contributed by atoms with Crippen LogP contribution in [0.25, 0.3) is 0 Å². The van der Waals surface area contributed by atoms with E-state index >= 15 is 0 Å². The van der Waals surface area contributed by atoms with Gasteiger partial charge in [0.15, 0.2) is 0 Å². The Balaban J connectivity index is 2.53. The molecule has 1 heterocycles. The van der Waals surface area contributed by atoms with E-state index in [1.54, 1.807) is 11.8 Å². The fourth-order valence-corrected chi connectivity index (χ4v) is 1.06. The van der Waals surface area contributed by atoms with Gasteiger partial charge in [-0.2, -0.15) is 0 Å². The first-order valence-corrected chi connectivity index (χ1v) is 4.74. The number of alkyl halides is 1. The third kappa shape index (κ3) is 2.97. The van der Waals surface area contributed by atoms with Crippen molar-refractivity contribution in [3.8, 4) is 0 Å². The van der Waals surface area contributed by atoms with Crippen molar-refractivity contribution in [3.05, 3.63) is 11.9 Å². The maximum absolute atomic E-state index is 5.99. The van der Waals surface area contributed by atoms with E-state index in [0.29, 0.717) is 6.61 Å². The SMILES string of the molecule is CCC(Cl)c1cn(CCOC)nn1. The van der Waals surface area contributed by atoms with Crippen LogP contribution in [0.5, 0.6) is 0 Å². The number of nitrogens with zero attached hydrogens (tertiary/aromatic N) is 3. The number of ether oxygens (including phenoxy) is 1. The molecule has 0 saturated carbocycles. The van der Waals surface area contributed by atoms with Crippen LogP contribution in [0.3, 0.4) is 0 Å². The van der Waals surface area contributed by atoms with Crippen LogP contribution < -0.4 is 0 Å².